The molecule has 0 amide bonds. The maximum Gasteiger partial charge on any atom is 0.165 e. The highest BCUT2D eigenvalue weighted by atomic mass is 16.6. The average molecular weight is 250 g/mol. The van der Waals surface area contributed by atoms with Crippen LogP contribution in [0.2, 0.25) is 0 Å². The Morgan fingerprint density at radius 3 is 1.00 bits per heavy atom. The summed E-state index contributed by atoms with van der Waals surface area (Å²) >= 11 is 0. The van der Waals surface area contributed by atoms with Crippen molar-refractivity contribution in [2.45, 2.75) is 52.1 Å². The first-order valence-corrected chi connectivity index (χ1v) is 6.39. The van der Waals surface area contributed by atoms with Gasteiger partial charge in [-0.15, -0.1) is 0 Å². The molecule has 0 fully saturated rings. The van der Waals surface area contributed by atoms with E-state index in [4.69, 9.17) is 18.9 Å². The SMILES string of the molecule is C[C@H]1Oc2cc3c(cc2O[C@@H]1C)O[C@H](C)[C@@H](C)O3. The van der Waals surface area contributed by atoms with Crippen molar-refractivity contribution in [2.24, 2.45) is 0 Å². The van der Waals surface area contributed by atoms with E-state index < -0.39 is 0 Å². The molecule has 0 bridgehead atoms. The van der Waals surface area contributed by atoms with Crippen LogP contribution in [0.4, 0.5) is 0 Å². The van der Waals surface area contributed by atoms with Crippen LogP contribution in [0, 0.1) is 0 Å². The highest BCUT2D eigenvalue weighted by Gasteiger charge is 2.30. The lowest BCUT2D eigenvalue weighted by Gasteiger charge is -2.34. The average Bonchev–Trinajstić information content (AvgIpc) is 2.31. The third-order valence-corrected chi connectivity index (χ3v) is 3.58. The number of hydrogen-bond donors (Lipinski definition) is 0. The molecule has 0 aliphatic carbocycles. The Hall–Kier alpha value is -1.58. The van der Waals surface area contributed by atoms with E-state index >= 15 is 0 Å². The van der Waals surface area contributed by atoms with Gasteiger partial charge in [0.05, 0.1) is 0 Å². The topological polar surface area (TPSA) is 36.9 Å². The molecule has 2 aliphatic rings. The van der Waals surface area contributed by atoms with Gasteiger partial charge in [0.2, 0.25) is 0 Å². The minimum Gasteiger partial charge on any atom is -0.483 e. The molecule has 0 N–H and O–H groups in total. The second-order valence-electron chi connectivity index (χ2n) is 5.04. The van der Waals surface area contributed by atoms with Crippen molar-refractivity contribution in [3.63, 3.8) is 0 Å². The lowest BCUT2D eigenvalue weighted by atomic mass is 10.1. The summed E-state index contributed by atoms with van der Waals surface area (Å²) in [5.41, 5.74) is 0. The zero-order chi connectivity index (χ0) is 12.9. The molecular weight excluding hydrogens is 232 g/mol. The highest BCUT2D eigenvalue weighted by molar-refractivity contribution is 5.55. The van der Waals surface area contributed by atoms with E-state index in [2.05, 4.69) is 0 Å². The molecule has 0 spiro atoms. The zero-order valence-electron chi connectivity index (χ0n) is 11.1. The van der Waals surface area contributed by atoms with E-state index in [-0.39, 0.29) is 24.4 Å². The van der Waals surface area contributed by atoms with Crippen LogP contribution in [0.15, 0.2) is 12.1 Å². The van der Waals surface area contributed by atoms with Gasteiger partial charge in [-0.1, -0.05) is 0 Å². The van der Waals surface area contributed by atoms with Gasteiger partial charge in [0, 0.05) is 12.1 Å². The summed E-state index contributed by atoms with van der Waals surface area (Å²) in [5, 5.41) is 0. The van der Waals surface area contributed by atoms with Crippen LogP contribution in [-0.4, -0.2) is 24.4 Å². The van der Waals surface area contributed by atoms with Gasteiger partial charge in [0.1, 0.15) is 24.4 Å². The molecule has 98 valence electrons. The Labute approximate surface area is 107 Å². The molecule has 0 aromatic heterocycles. The number of hydrogen-bond acceptors (Lipinski definition) is 4. The molecule has 18 heavy (non-hydrogen) atoms. The van der Waals surface area contributed by atoms with Crippen molar-refractivity contribution < 1.29 is 18.9 Å². The van der Waals surface area contributed by atoms with Crippen molar-refractivity contribution in [1.29, 1.82) is 0 Å². The van der Waals surface area contributed by atoms with Crippen molar-refractivity contribution in [2.75, 3.05) is 0 Å². The maximum absolute atomic E-state index is 5.81. The third kappa shape index (κ3) is 1.76. The molecule has 2 heterocycles. The summed E-state index contributed by atoms with van der Waals surface area (Å²) in [4.78, 5) is 0. The summed E-state index contributed by atoms with van der Waals surface area (Å²) in [5.74, 6) is 2.91. The first-order chi connectivity index (χ1) is 8.54. The molecule has 1 aromatic rings. The summed E-state index contributed by atoms with van der Waals surface area (Å²) in [6.07, 6.45) is 0.153. The van der Waals surface area contributed by atoms with Crippen LogP contribution >= 0.6 is 0 Å². The van der Waals surface area contributed by atoms with Gasteiger partial charge in [0.15, 0.2) is 23.0 Å². The van der Waals surface area contributed by atoms with Crippen molar-refractivity contribution >= 4 is 0 Å². The lowest BCUT2D eigenvalue weighted by Crippen LogP contribution is -2.37. The minimum atomic E-state index is 0.0383. The van der Waals surface area contributed by atoms with Gasteiger partial charge in [-0.2, -0.15) is 0 Å². The van der Waals surface area contributed by atoms with Gasteiger partial charge in [0.25, 0.3) is 0 Å². The summed E-state index contributed by atoms with van der Waals surface area (Å²) < 4.78 is 23.2. The predicted octanol–water partition coefficient (Wildman–Crippen LogP) is 2.78. The fourth-order valence-electron chi connectivity index (χ4n) is 2.08. The normalized spacial score (nSPS) is 33.1. The molecule has 0 saturated heterocycles. The lowest BCUT2D eigenvalue weighted by molar-refractivity contribution is 0.0293. The third-order valence-electron chi connectivity index (χ3n) is 3.58. The second kappa shape index (κ2) is 3.97. The van der Waals surface area contributed by atoms with Gasteiger partial charge < -0.3 is 18.9 Å². The minimum absolute atomic E-state index is 0.0383. The number of benzene rings is 1. The van der Waals surface area contributed by atoms with E-state index in [0.29, 0.717) is 0 Å². The number of fused-ring (bicyclic) bond motifs is 2. The molecule has 3 rings (SSSR count). The predicted molar refractivity (Wildman–Crippen MR) is 66.8 cm³/mol. The van der Waals surface area contributed by atoms with Gasteiger partial charge in [-0.05, 0) is 27.7 Å². The molecular formula is C14H18O4. The molecule has 2 aliphatic heterocycles. The molecule has 1 aromatic carbocycles. The Morgan fingerprint density at radius 1 is 0.556 bits per heavy atom. The first kappa shape index (κ1) is 11.5. The van der Waals surface area contributed by atoms with Crippen LogP contribution in [0.5, 0.6) is 23.0 Å². The van der Waals surface area contributed by atoms with Crippen LogP contribution in [0.25, 0.3) is 0 Å². The molecule has 0 saturated carbocycles. The van der Waals surface area contributed by atoms with Crippen LogP contribution in [0.3, 0.4) is 0 Å². The van der Waals surface area contributed by atoms with Crippen LogP contribution in [-0.2, 0) is 0 Å². The fourth-order valence-corrected chi connectivity index (χ4v) is 2.08. The molecule has 4 heteroatoms. The molecule has 4 nitrogen and oxygen atoms in total. The summed E-state index contributed by atoms with van der Waals surface area (Å²) in [7, 11) is 0. The van der Waals surface area contributed by atoms with Gasteiger partial charge >= 0.3 is 0 Å². The van der Waals surface area contributed by atoms with E-state index in [1.165, 1.54) is 0 Å². The largest absolute Gasteiger partial charge is 0.483 e. The first-order valence-electron chi connectivity index (χ1n) is 6.39. The van der Waals surface area contributed by atoms with E-state index in [1.54, 1.807) is 0 Å². The Morgan fingerprint density at radius 2 is 0.778 bits per heavy atom. The monoisotopic (exact) mass is 250 g/mol. The quantitative estimate of drug-likeness (QED) is 0.709. The molecule has 0 unspecified atom stereocenters. The highest BCUT2D eigenvalue weighted by Crippen LogP contribution is 2.45. The fraction of sp³-hybridized carbons (Fsp3) is 0.571. The van der Waals surface area contributed by atoms with Crippen molar-refractivity contribution in [1.82, 2.24) is 0 Å². The number of ether oxygens (including phenoxy) is 4. The zero-order valence-corrected chi connectivity index (χ0v) is 11.1. The van der Waals surface area contributed by atoms with Gasteiger partial charge in [-0.25, -0.2) is 0 Å². The second-order valence-corrected chi connectivity index (χ2v) is 5.04. The summed E-state index contributed by atoms with van der Waals surface area (Å²) in [6, 6.07) is 3.71. The van der Waals surface area contributed by atoms with E-state index in [0.717, 1.165) is 23.0 Å². The van der Waals surface area contributed by atoms with Crippen LogP contribution < -0.4 is 18.9 Å². The molecule has 0 radical (unpaired) electrons. The Balaban J connectivity index is 1.98. The van der Waals surface area contributed by atoms with Crippen LogP contribution in [0.1, 0.15) is 27.7 Å². The Kier molecular flexibility index (Phi) is 2.54. The maximum atomic E-state index is 5.81. The van der Waals surface area contributed by atoms with E-state index in [9.17, 15) is 0 Å². The smallest absolute Gasteiger partial charge is 0.165 e. The Bertz CT molecular complexity index is 389. The van der Waals surface area contributed by atoms with Crippen molar-refractivity contribution in [3.05, 3.63) is 12.1 Å². The summed E-state index contributed by atoms with van der Waals surface area (Å²) in [6.45, 7) is 7.98. The molecule has 4 atom stereocenters. The number of rotatable bonds is 0. The van der Waals surface area contributed by atoms with Gasteiger partial charge in [-0.3, -0.25) is 0 Å². The van der Waals surface area contributed by atoms with Crippen molar-refractivity contribution in [3.8, 4) is 23.0 Å². The standard InChI is InChI=1S/C14H18O4/c1-7-8(2)16-12-6-14-13(5-11(12)15-7)17-9(3)10(4)18-14/h5-10H,1-4H3/t7-,8-,9-,10-/m1/s1. The van der Waals surface area contributed by atoms with E-state index in [1.807, 2.05) is 39.8 Å².